The lowest BCUT2D eigenvalue weighted by molar-refractivity contribution is 0.322. The monoisotopic (exact) mass is 326 g/mol. The first-order valence-electron chi connectivity index (χ1n) is 7.39. The van der Waals surface area contributed by atoms with E-state index < -0.39 is 0 Å². The highest BCUT2D eigenvalue weighted by Gasteiger charge is 2.18. The van der Waals surface area contributed by atoms with Gasteiger partial charge in [-0.2, -0.15) is 0 Å². The Kier molecular flexibility index (Phi) is 4.73. The van der Waals surface area contributed by atoms with Gasteiger partial charge in [0.2, 0.25) is 0 Å². The topological polar surface area (TPSA) is 63.8 Å². The average molecular weight is 326 g/mol. The molecule has 0 saturated heterocycles. The van der Waals surface area contributed by atoms with Crippen molar-refractivity contribution in [3.05, 3.63) is 53.7 Å². The molecule has 0 radical (unpaired) electrons. The number of aliphatic hydroxyl groups excluding tert-OH is 1. The minimum absolute atomic E-state index is 0.101. The molecule has 1 aromatic carbocycles. The summed E-state index contributed by atoms with van der Waals surface area (Å²) in [6.45, 7) is 4.25. The van der Waals surface area contributed by atoms with E-state index in [1.807, 2.05) is 22.8 Å². The van der Waals surface area contributed by atoms with E-state index in [1.54, 1.807) is 6.20 Å². The summed E-state index contributed by atoms with van der Waals surface area (Å²) in [5.74, 6) is 1.28. The second-order valence-electron chi connectivity index (χ2n) is 5.22. The Labute approximate surface area is 139 Å². The second-order valence-corrected chi connectivity index (χ2v) is 6.28. The average Bonchev–Trinajstić information content (AvgIpc) is 2.97. The van der Waals surface area contributed by atoms with Gasteiger partial charge in [0, 0.05) is 11.9 Å². The third-order valence-corrected chi connectivity index (χ3v) is 4.35. The summed E-state index contributed by atoms with van der Waals surface area (Å²) in [5, 5.41) is 18.5. The molecule has 3 rings (SSSR count). The van der Waals surface area contributed by atoms with Crippen molar-refractivity contribution >= 4 is 11.8 Å². The van der Waals surface area contributed by atoms with Gasteiger partial charge in [-0.25, -0.2) is 0 Å². The Morgan fingerprint density at radius 1 is 1.13 bits per heavy atom. The number of benzene rings is 1. The summed E-state index contributed by atoms with van der Waals surface area (Å²) >= 11 is 1.48. The van der Waals surface area contributed by atoms with Gasteiger partial charge in [-0.05, 0) is 37.6 Å². The zero-order valence-corrected chi connectivity index (χ0v) is 13.9. The van der Waals surface area contributed by atoms with E-state index in [1.165, 1.54) is 17.3 Å². The van der Waals surface area contributed by atoms with Crippen LogP contribution in [0.5, 0.6) is 0 Å². The van der Waals surface area contributed by atoms with Crippen molar-refractivity contribution in [3.63, 3.8) is 0 Å². The minimum Gasteiger partial charge on any atom is -0.396 e. The van der Waals surface area contributed by atoms with Gasteiger partial charge in [0.25, 0.3) is 0 Å². The molecule has 3 aromatic rings. The lowest BCUT2D eigenvalue weighted by atomic mass is 10.1. The van der Waals surface area contributed by atoms with Crippen molar-refractivity contribution in [3.8, 4) is 17.2 Å². The molecule has 0 unspecified atom stereocenters. The Morgan fingerprint density at radius 3 is 2.70 bits per heavy atom. The zero-order chi connectivity index (χ0) is 16.2. The molecule has 0 aliphatic rings. The SMILES string of the molecule is Cc1ccc(-n2c(SCCO)nnc2-c2ccccn2)c(C)c1. The molecule has 0 bridgehead atoms. The molecule has 1 N–H and O–H groups in total. The lowest BCUT2D eigenvalue weighted by Crippen LogP contribution is -2.03. The summed E-state index contributed by atoms with van der Waals surface area (Å²) < 4.78 is 2.01. The van der Waals surface area contributed by atoms with Crippen LogP contribution in [0, 0.1) is 13.8 Å². The number of hydrogen-bond acceptors (Lipinski definition) is 5. The van der Waals surface area contributed by atoms with Gasteiger partial charge in [-0.1, -0.05) is 35.5 Å². The van der Waals surface area contributed by atoms with Gasteiger partial charge >= 0.3 is 0 Å². The summed E-state index contributed by atoms with van der Waals surface area (Å²) in [6, 6.07) is 12.0. The van der Waals surface area contributed by atoms with Crippen LogP contribution in [0.4, 0.5) is 0 Å². The Balaban J connectivity index is 2.17. The van der Waals surface area contributed by atoms with E-state index >= 15 is 0 Å². The van der Waals surface area contributed by atoms with Crippen LogP contribution in [-0.4, -0.2) is 37.2 Å². The highest BCUT2D eigenvalue weighted by molar-refractivity contribution is 7.99. The van der Waals surface area contributed by atoms with Crippen LogP contribution in [-0.2, 0) is 0 Å². The fraction of sp³-hybridized carbons (Fsp3) is 0.235. The number of nitrogens with zero attached hydrogens (tertiary/aromatic N) is 4. The molecule has 0 atom stereocenters. The van der Waals surface area contributed by atoms with Crippen molar-refractivity contribution in [2.45, 2.75) is 19.0 Å². The summed E-state index contributed by atoms with van der Waals surface area (Å²) in [6.07, 6.45) is 1.75. The highest BCUT2D eigenvalue weighted by Crippen LogP contribution is 2.28. The van der Waals surface area contributed by atoms with E-state index in [0.717, 1.165) is 22.1 Å². The van der Waals surface area contributed by atoms with Gasteiger partial charge < -0.3 is 5.11 Å². The maximum atomic E-state index is 9.11. The van der Waals surface area contributed by atoms with Crippen molar-refractivity contribution in [1.82, 2.24) is 19.7 Å². The maximum Gasteiger partial charge on any atom is 0.196 e. The van der Waals surface area contributed by atoms with Crippen molar-refractivity contribution in [1.29, 1.82) is 0 Å². The fourth-order valence-electron chi connectivity index (χ4n) is 2.43. The molecule has 0 spiro atoms. The standard InChI is InChI=1S/C17H18N4OS/c1-12-6-7-15(13(2)11-12)21-16(14-5-3-4-8-18-14)19-20-17(21)23-10-9-22/h3-8,11,22H,9-10H2,1-2H3. The van der Waals surface area contributed by atoms with Gasteiger partial charge in [0.15, 0.2) is 11.0 Å². The fourth-order valence-corrected chi connectivity index (χ4v) is 3.12. The molecule has 0 fully saturated rings. The molecule has 23 heavy (non-hydrogen) atoms. The van der Waals surface area contributed by atoms with Gasteiger partial charge in [-0.3, -0.25) is 9.55 Å². The van der Waals surface area contributed by atoms with Crippen LogP contribution >= 0.6 is 11.8 Å². The van der Waals surface area contributed by atoms with E-state index in [9.17, 15) is 0 Å². The molecular weight excluding hydrogens is 308 g/mol. The smallest absolute Gasteiger partial charge is 0.196 e. The van der Waals surface area contributed by atoms with Crippen LogP contribution in [0.3, 0.4) is 0 Å². The lowest BCUT2D eigenvalue weighted by Gasteiger charge is -2.13. The predicted octanol–water partition coefficient (Wildman–Crippen LogP) is 3.03. The molecule has 2 heterocycles. The summed E-state index contributed by atoms with van der Waals surface area (Å²) in [5.41, 5.74) is 4.16. The van der Waals surface area contributed by atoms with E-state index in [4.69, 9.17) is 5.11 Å². The highest BCUT2D eigenvalue weighted by atomic mass is 32.2. The van der Waals surface area contributed by atoms with Crippen LogP contribution in [0.1, 0.15) is 11.1 Å². The number of thioether (sulfide) groups is 1. The van der Waals surface area contributed by atoms with E-state index in [0.29, 0.717) is 11.6 Å². The van der Waals surface area contributed by atoms with Crippen molar-refractivity contribution < 1.29 is 5.11 Å². The van der Waals surface area contributed by atoms with E-state index in [-0.39, 0.29) is 6.61 Å². The molecule has 0 saturated carbocycles. The number of hydrogen-bond donors (Lipinski definition) is 1. The molecule has 118 valence electrons. The first kappa shape index (κ1) is 15.7. The third kappa shape index (κ3) is 3.28. The predicted molar refractivity (Wildman–Crippen MR) is 91.9 cm³/mol. The van der Waals surface area contributed by atoms with Crippen LogP contribution < -0.4 is 0 Å². The Hall–Kier alpha value is -2.18. The normalized spacial score (nSPS) is 10.9. The van der Waals surface area contributed by atoms with Crippen LogP contribution in [0.15, 0.2) is 47.8 Å². The second kappa shape index (κ2) is 6.93. The number of rotatable bonds is 5. The first-order chi connectivity index (χ1) is 11.2. The van der Waals surface area contributed by atoms with Gasteiger partial charge in [-0.15, -0.1) is 10.2 Å². The Bertz CT molecular complexity index is 802. The van der Waals surface area contributed by atoms with Crippen molar-refractivity contribution in [2.75, 3.05) is 12.4 Å². The summed E-state index contributed by atoms with van der Waals surface area (Å²) in [4.78, 5) is 4.39. The third-order valence-electron chi connectivity index (χ3n) is 3.44. The van der Waals surface area contributed by atoms with Gasteiger partial charge in [0.1, 0.15) is 5.69 Å². The minimum atomic E-state index is 0.101. The quantitative estimate of drug-likeness (QED) is 0.730. The number of aliphatic hydroxyl groups is 1. The molecular formula is C17H18N4OS. The largest absolute Gasteiger partial charge is 0.396 e. The van der Waals surface area contributed by atoms with Crippen LogP contribution in [0.2, 0.25) is 0 Å². The maximum absolute atomic E-state index is 9.11. The first-order valence-corrected chi connectivity index (χ1v) is 8.37. The van der Waals surface area contributed by atoms with Crippen molar-refractivity contribution in [2.24, 2.45) is 0 Å². The molecule has 0 aliphatic heterocycles. The van der Waals surface area contributed by atoms with Crippen LogP contribution in [0.25, 0.3) is 17.2 Å². The van der Waals surface area contributed by atoms with Gasteiger partial charge in [0.05, 0.1) is 12.3 Å². The zero-order valence-electron chi connectivity index (χ0n) is 13.1. The number of aromatic nitrogens is 4. The number of aryl methyl sites for hydroxylation is 2. The molecule has 2 aromatic heterocycles. The molecule has 6 heteroatoms. The molecule has 0 aliphatic carbocycles. The molecule has 5 nitrogen and oxygen atoms in total. The number of pyridine rings is 1. The summed E-state index contributed by atoms with van der Waals surface area (Å²) in [7, 11) is 0. The van der Waals surface area contributed by atoms with E-state index in [2.05, 4.69) is 47.2 Å². The Morgan fingerprint density at radius 2 is 2.00 bits per heavy atom. The molecule has 0 amide bonds.